The lowest BCUT2D eigenvalue weighted by molar-refractivity contribution is -0.133. The van der Waals surface area contributed by atoms with Crippen LogP contribution in [0.15, 0.2) is 44.8 Å². The molecular formula is C32H47BrN6O3. The van der Waals surface area contributed by atoms with Crippen LogP contribution in [0, 0.1) is 23.7 Å². The van der Waals surface area contributed by atoms with Gasteiger partial charge in [0.15, 0.2) is 5.84 Å². The summed E-state index contributed by atoms with van der Waals surface area (Å²) in [5.41, 5.74) is 7.28. The minimum atomic E-state index is -0.656. The van der Waals surface area contributed by atoms with Crippen molar-refractivity contribution in [2.45, 2.75) is 70.9 Å². The minimum Gasteiger partial charge on any atom is -0.443 e. The first kappa shape index (κ1) is 31.0. The fourth-order valence-electron chi connectivity index (χ4n) is 7.73. The molecule has 10 heteroatoms. The molecule has 1 aliphatic heterocycles. The molecule has 1 amide bonds. The predicted octanol–water partition coefficient (Wildman–Crippen LogP) is 5.40. The molecule has 3 atom stereocenters. The Kier molecular flexibility index (Phi) is 9.95. The highest BCUT2D eigenvalue weighted by atomic mass is 79.9. The number of piperazine rings is 1. The number of carbonyl (C=O) groups is 1. The van der Waals surface area contributed by atoms with Crippen LogP contribution in [0.4, 0.5) is 16.2 Å². The molecule has 4 aliphatic carbocycles. The van der Waals surface area contributed by atoms with Gasteiger partial charge in [0.25, 0.3) is 0 Å². The molecule has 4 N–H and O–H groups in total. The maximum absolute atomic E-state index is 11.7. The molecule has 1 saturated heterocycles. The highest BCUT2D eigenvalue weighted by Crippen LogP contribution is 2.58. The average molecular weight is 644 g/mol. The van der Waals surface area contributed by atoms with E-state index in [9.17, 15) is 9.90 Å². The van der Waals surface area contributed by atoms with E-state index in [4.69, 9.17) is 20.5 Å². The number of aliphatic hydroxyl groups excluding tert-OH is 1. The number of nitrogens with two attached hydrogens (primary N) is 1. The minimum absolute atomic E-state index is 0.160. The number of carbonyl (C=O) groups excluding carboxylic acids is 1. The van der Waals surface area contributed by atoms with Crippen LogP contribution in [0.1, 0.15) is 59.3 Å². The monoisotopic (exact) mass is 642 g/mol. The van der Waals surface area contributed by atoms with Crippen LogP contribution < -0.4 is 16.0 Å². The molecule has 0 radical (unpaired) electrons. The van der Waals surface area contributed by atoms with Crippen molar-refractivity contribution in [2.75, 3.05) is 49.5 Å². The van der Waals surface area contributed by atoms with E-state index in [2.05, 4.69) is 69.2 Å². The number of primary amides is 1. The van der Waals surface area contributed by atoms with Gasteiger partial charge >= 0.3 is 6.09 Å². The van der Waals surface area contributed by atoms with Crippen molar-refractivity contribution >= 4 is 45.1 Å². The maximum atomic E-state index is 11.7. The third-order valence-electron chi connectivity index (χ3n) is 9.82. The van der Waals surface area contributed by atoms with Gasteiger partial charge < -0.3 is 25.8 Å². The highest BCUT2D eigenvalue weighted by molar-refractivity contribution is 9.12. The molecule has 3 unspecified atom stereocenters. The topological polar surface area (TPSA) is 116 Å². The Morgan fingerprint density at radius 1 is 1.19 bits per heavy atom. The van der Waals surface area contributed by atoms with Gasteiger partial charge in [-0.05, 0) is 103 Å². The fraction of sp³-hybridized carbons (Fsp3) is 0.656. The standard InChI is InChI=1S/C32H47BrN6O3/c1-4-21(3)29(35-25-6-8-26(9-7-25)39-12-10-38(11-13-39)14-15-40)37-30(27(33)5-2)36-28-23-16-22-17-24(28)20-32(18-22,19-23)42-31(34)41/h5-9,21-24,28,40H,4,10-20H2,1-3H3,(H2,34,41)(H,35,36,37)/b27-5+. The summed E-state index contributed by atoms with van der Waals surface area (Å²) in [7, 11) is 0. The number of ether oxygens (including phenoxy) is 1. The SMILES string of the molecule is C/C=C(/Br)C(=NC1C2CC3CC1CC(OC(N)=O)(C3)C2)N=C(Nc1ccc(N2CCN(CCO)CC2)cc1)C(C)CC. The second-order valence-electron chi connectivity index (χ2n) is 12.7. The van der Waals surface area contributed by atoms with E-state index in [1.54, 1.807) is 0 Å². The number of allylic oxidation sites excluding steroid dienone is 1. The molecular weight excluding hydrogens is 596 g/mol. The smallest absolute Gasteiger partial charge is 0.405 e. The number of nitrogens with zero attached hydrogens (tertiary/aromatic N) is 4. The first-order chi connectivity index (χ1) is 20.2. The second kappa shape index (κ2) is 13.5. The number of β-amino-alcohol motifs (C(OH)–C–C–N with tert-alkyl or cyclic N) is 1. The van der Waals surface area contributed by atoms with Gasteiger partial charge in [-0.1, -0.05) is 19.9 Å². The number of benzene rings is 1. The summed E-state index contributed by atoms with van der Waals surface area (Å²) in [6.07, 6.45) is 7.16. The lowest BCUT2D eigenvalue weighted by Gasteiger charge is -2.57. The van der Waals surface area contributed by atoms with Crippen molar-refractivity contribution in [2.24, 2.45) is 39.4 Å². The van der Waals surface area contributed by atoms with E-state index in [0.717, 1.165) is 93.1 Å². The van der Waals surface area contributed by atoms with Gasteiger partial charge in [-0.15, -0.1) is 0 Å². The normalized spacial score (nSPS) is 30.9. The molecule has 1 heterocycles. The Balaban J connectivity index is 1.34. The predicted molar refractivity (Wildman–Crippen MR) is 174 cm³/mol. The van der Waals surface area contributed by atoms with Gasteiger partial charge in [0.1, 0.15) is 11.4 Å². The average Bonchev–Trinajstić information content (AvgIpc) is 2.97. The number of anilines is 2. The Bertz CT molecular complexity index is 1180. The summed E-state index contributed by atoms with van der Waals surface area (Å²) in [4.78, 5) is 26.9. The highest BCUT2D eigenvalue weighted by Gasteiger charge is 2.57. The molecule has 4 saturated carbocycles. The second-order valence-corrected chi connectivity index (χ2v) is 13.5. The molecule has 5 fully saturated rings. The van der Waals surface area contributed by atoms with E-state index in [-0.39, 0.29) is 18.6 Å². The molecule has 9 nitrogen and oxygen atoms in total. The van der Waals surface area contributed by atoms with Crippen molar-refractivity contribution < 1.29 is 14.6 Å². The quantitative estimate of drug-likeness (QED) is 0.245. The number of amidine groups is 2. The molecule has 1 aromatic carbocycles. The lowest BCUT2D eigenvalue weighted by Crippen LogP contribution is -2.58. The number of nitrogens with one attached hydrogen (secondary N) is 1. The first-order valence-electron chi connectivity index (χ1n) is 15.6. The number of rotatable bonds is 9. The third-order valence-corrected chi connectivity index (χ3v) is 10.6. The van der Waals surface area contributed by atoms with Crippen molar-refractivity contribution in [3.05, 3.63) is 34.8 Å². The van der Waals surface area contributed by atoms with Crippen molar-refractivity contribution in [3.63, 3.8) is 0 Å². The largest absolute Gasteiger partial charge is 0.443 e. The van der Waals surface area contributed by atoms with Crippen molar-refractivity contribution in [3.8, 4) is 0 Å². The Morgan fingerprint density at radius 3 is 2.43 bits per heavy atom. The zero-order valence-electron chi connectivity index (χ0n) is 25.3. The molecule has 0 spiro atoms. The number of amides is 1. The molecule has 5 aliphatic rings. The van der Waals surface area contributed by atoms with Gasteiger partial charge in [0, 0.05) is 50.0 Å². The summed E-state index contributed by atoms with van der Waals surface area (Å²) in [5.74, 6) is 3.16. The maximum Gasteiger partial charge on any atom is 0.405 e. The number of hydrogen-bond donors (Lipinski definition) is 3. The number of hydrogen-bond acceptors (Lipinski definition) is 6. The van der Waals surface area contributed by atoms with E-state index in [1.165, 1.54) is 5.69 Å². The van der Waals surface area contributed by atoms with Gasteiger partial charge in [0.2, 0.25) is 0 Å². The van der Waals surface area contributed by atoms with Gasteiger partial charge in [0.05, 0.1) is 17.1 Å². The van der Waals surface area contributed by atoms with Crippen LogP contribution in [-0.4, -0.2) is 78.7 Å². The summed E-state index contributed by atoms with van der Waals surface area (Å²) >= 11 is 3.75. The van der Waals surface area contributed by atoms with Gasteiger partial charge in [-0.25, -0.2) is 9.79 Å². The van der Waals surface area contributed by atoms with Crippen LogP contribution in [0.3, 0.4) is 0 Å². The van der Waals surface area contributed by atoms with Crippen molar-refractivity contribution in [1.29, 1.82) is 0 Å². The lowest BCUT2D eigenvalue weighted by atomic mass is 9.52. The zero-order chi connectivity index (χ0) is 29.9. The summed E-state index contributed by atoms with van der Waals surface area (Å²) in [6.45, 7) is 11.2. The summed E-state index contributed by atoms with van der Waals surface area (Å²) in [5, 5.41) is 12.8. The van der Waals surface area contributed by atoms with Crippen LogP contribution in [0.2, 0.25) is 0 Å². The van der Waals surface area contributed by atoms with E-state index < -0.39 is 11.7 Å². The number of aliphatic hydroxyl groups is 1. The fourth-order valence-corrected chi connectivity index (χ4v) is 7.92. The number of aliphatic imine (C=N–C) groups is 2. The zero-order valence-corrected chi connectivity index (χ0v) is 26.9. The van der Waals surface area contributed by atoms with E-state index in [0.29, 0.717) is 17.8 Å². The molecule has 4 bridgehead atoms. The Morgan fingerprint density at radius 2 is 1.86 bits per heavy atom. The molecule has 0 aromatic heterocycles. The van der Waals surface area contributed by atoms with Gasteiger partial charge in [-0.3, -0.25) is 9.89 Å². The molecule has 42 heavy (non-hydrogen) atoms. The van der Waals surface area contributed by atoms with E-state index in [1.807, 2.05) is 13.0 Å². The summed E-state index contributed by atoms with van der Waals surface area (Å²) < 4.78 is 6.62. The summed E-state index contributed by atoms with van der Waals surface area (Å²) in [6, 6.07) is 8.77. The number of halogens is 1. The third kappa shape index (κ3) is 7.03. The molecule has 6 rings (SSSR count). The van der Waals surface area contributed by atoms with E-state index >= 15 is 0 Å². The van der Waals surface area contributed by atoms with Gasteiger partial charge in [-0.2, -0.15) is 0 Å². The molecule has 1 aromatic rings. The Labute approximate surface area is 258 Å². The molecule has 230 valence electrons. The van der Waals surface area contributed by atoms with Crippen LogP contribution in [0.5, 0.6) is 0 Å². The van der Waals surface area contributed by atoms with Crippen LogP contribution in [0.25, 0.3) is 0 Å². The first-order valence-corrected chi connectivity index (χ1v) is 16.4. The van der Waals surface area contributed by atoms with Crippen LogP contribution in [-0.2, 0) is 4.74 Å². The van der Waals surface area contributed by atoms with Crippen LogP contribution >= 0.6 is 15.9 Å². The van der Waals surface area contributed by atoms with Crippen molar-refractivity contribution in [1.82, 2.24) is 4.90 Å². The Hall–Kier alpha value is -2.43.